The van der Waals surface area contributed by atoms with Crippen LogP contribution < -0.4 is 14.4 Å². The third kappa shape index (κ3) is 3.45. The van der Waals surface area contributed by atoms with Crippen LogP contribution in [0.4, 0.5) is 5.69 Å². The number of likely N-dealkylation sites (N-methyl/N-ethyl adjacent to an activating group) is 1. The second kappa shape index (κ2) is 7.93. The molecule has 0 aliphatic carbocycles. The molecule has 162 valence electrons. The van der Waals surface area contributed by atoms with Gasteiger partial charge in [-0.1, -0.05) is 12.1 Å². The molecule has 0 amide bonds. The molecule has 0 bridgehead atoms. The molecule has 31 heavy (non-hydrogen) atoms. The second-order valence-corrected chi connectivity index (χ2v) is 8.46. The number of rotatable bonds is 4. The van der Waals surface area contributed by atoms with E-state index in [1.165, 1.54) is 22.5 Å². The Morgan fingerprint density at radius 3 is 2.23 bits per heavy atom. The summed E-state index contributed by atoms with van der Waals surface area (Å²) in [7, 11) is 5.56. The fourth-order valence-corrected chi connectivity index (χ4v) is 4.79. The first-order chi connectivity index (χ1) is 15.1. The molecule has 0 atom stereocenters. The Bertz CT molecular complexity index is 1100. The van der Waals surface area contributed by atoms with Gasteiger partial charge < -0.3 is 23.8 Å². The highest BCUT2D eigenvalue weighted by Crippen LogP contribution is 2.43. The lowest BCUT2D eigenvalue weighted by Gasteiger charge is -2.34. The normalized spacial score (nSPS) is 16.1. The van der Waals surface area contributed by atoms with Crippen molar-refractivity contribution in [2.75, 3.05) is 52.3 Å². The fraction of sp³-hybridized carbons (Fsp3) is 0.400. The van der Waals surface area contributed by atoms with Crippen molar-refractivity contribution in [3.8, 4) is 34.0 Å². The van der Waals surface area contributed by atoms with Crippen LogP contribution in [0, 0.1) is 6.92 Å². The molecule has 1 saturated heterocycles. The van der Waals surface area contributed by atoms with E-state index in [0.29, 0.717) is 0 Å². The Kier molecular flexibility index (Phi) is 5.10. The topological polar surface area (TPSA) is 42.8 Å². The number of hydrogen-bond donors (Lipinski definition) is 0. The van der Waals surface area contributed by atoms with Gasteiger partial charge in [-0.15, -0.1) is 0 Å². The summed E-state index contributed by atoms with van der Waals surface area (Å²) < 4.78 is 13.5. The Balaban J connectivity index is 1.54. The number of methoxy groups -OCH3 is 2. The summed E-state index contributed by atoms with van der Waals surface area (Å²) in [6, 6.07) is 13.1. The van der Waals surface area contributed by atoms with Crippen LogP contribution in [-0.4, -0.2) is 61.9 Å². The van der Waals surface area contributed by atoms with Crippen LogP contribution in [-0.2, 0) is 13.0 Å². The zero-order valence-electron chi connectivity index (χ0n) is 18.8. The van der Waals surface area contributed by atoms with Gasteiger partial charge in [0, 0.05) is 49.5 Å². The van der Waals surface area contributed by atoms with Crippen LogP contribution in [0.2, 0.25) is 0 Å². The first kappa shape index (κ1) is 19.9. The van der Waals surface area contributed by atoms with Crippen LogP contribution >= 0.6 is 0 Å². The molecule has 2 aliphatic heterocycles. The molecule has 1 aromatic heterocycles. The number of ether oxygens (including phenoxy) is 2. The number of anilines is 1. The monoisotopic (exact) mass is 418 g/mol. The van der Waals surface area contributed by atoms with Crippen LogP contribution in [0.25, 0.3) is 22.5 Å². The summed E-state index contributed by atoms with van der Waals surface area (Å²) in [6.07, 6.45) is 0.960. The predicted molar refractivity (Wildman–Crippen MR) is 124 cm³/mol. The number of piperazine rings is 1. The smallest absolute Gasteiger partial charge is 0.161 e. The lowest BCUT2D eigenvalue weighted by molar-refractivity contribution is 0.313. The summed E-state index contributed by atoms with van der Waals surface area (Å²) in [5.41, 5.74) is 7.11. The van der Waals surface area contributed by atoms with Gasteiger partial charge >= 0.3 is 0 Å². The molecule has 2 aliphatic rings. The standard InChI is InChI=1S/C25H30N4O2/c1-17-26-24(18-5-7-20(8-6-18)28-13-11-27(2)12-14-28)25-21-16-23(31-4)22(30-3)15-19(21)9-10-29(17)25/h5-8,15-16H,9-14H2,1-4H3. The van der Waals surface area contributed by atoms with E-state index in [0.717, 1.165) is 67.7 Å². The average Bonchev–Trinajstić information content (AvgIpc) is 3.15. The van der Waals surface area contributed by atoms with Crippen molar-refractivity contribution >= 4 is 5.69 Å². The van der Waals surface area contributed by atoms with Crippen molar-refractivity contribution in [2.45, 2.75) is 19.9 Å². The number of aromatic nitrogens is 2. The van der Waals surface area contributed by atoms with Gasteiger partial charge in [-0.2, -0.15) is 0 Å². The Morgan fingerprint density at radius 2 is 1.55 bits per heavy atom. The molecule has 6 nitrogen and oxygen atoms in total. The van der Waals surface area contributed by atoms with Gasteiger partial charge in [0.1, 0.15) is 5.82 Å². The second-order valence-electron chi connectivity index (χ2n) is 8.46. The summed E-state index contributed by atoms with van der Waals surface area (Å²) in [5, 5.41) is 0. The number of nitrogens with zero attached hydrogens (tertiary/aromatic N) is 4. The van der Waals surface area contributed by atoms with Gasteiger partial charge in [0.2, 0.25) is 0 Å². The van der Waals surface area contributed by atoms with E-state index >= 15 is 0 Å². The number of hydrogen-bond acceptors (Lipinski definition) is 5. The van der Waals surface area contributed by atoms with E-state index in [-0.39, 0.29) is 0 Å². The highest BCUT2D eigenvalue weighted by Gasteiger charge is 2.26. The Labute approximate surface area is 184 Å². The van der Waals surface area contributed by atoms with E-state index in [2.05, 4.69) is 64.7 Å². The fourth-order valence-electron chi connectivity index (χ4n) is 4.79. The van der Waals surface area contributed by atoms with Crippen molar-refractivity contribution in [3.05, 3.63) is 47.8 Å². The molecule has 3 heterocycles. The maximum atomic E-state index is 5.60. The number of imidazole rings is 1. The lowest BCUT2D eigenvalue weighted by Crippen LogP contribution is -2.44. The van der Waals surface area contributed by atoms with Gasteiger partial charge in [-0.3, -0.25) is 0 Å². The quantitative estimate of drug-likeness (QED) is 0.644. The summed E-state index contributed by atoms with van der Waals surface area (Å²) in [5.74, 6) is 2.59. The number of aryl methyl sites for hydroxylation is 2. The van der Waals surface area contributed by atoms with Crippen molar-refractivity contribution in [1.82, 2.24) is 14.5 Å². The minimum absolute atomic E-state index is 0.755. The SMILES string of the molecule is COc1cc2c(cc1OC)-c1c(-c3ccc(N4CCN(C)CC4)cc3)nc(C)n1CC2. The molecular formula is C25H30N4O2. The molecule has 0 unspecified atom stereocenters. The first-order valence-electron chi connectivity index (χ1n) is 11.0. The van der Waals surface area contributed by atoms with E-state index in [4.69, 9.17) is 14.5 Å². The van der Waals surface area contributed by atoms with Crippen molar-refractivity contribution < 1.29 is 9.47 Å². The number of benzene rings is 2. The summed E-state index contributed by atoms with van der Waals surface area (Å²) in [6.45, 7) is 7.39. The van der Waals surface area contributed by atoms with Crippen LogP contribution in [0.3, 0.4) is 0 Å². The molecule has 1 fully saturated rings. The van der Waals surface area contributed by atoms with Crippen LogP contribution in [0.1, 0.15) is 11.4 Å². The Morgan fingerprint density at radius 1 is 0.871 bits per heavy atom. The highest BCUT2D eigenvalue weighted by molar-refractivity contribution is 5.83. The third-order valence-corrected chi connectivity index (χ3v) is 6.64. The molecular weight excluding hydrogens is 388 g/mol. The maximum absolute atomic E-state index is 5.60. The van der Waals surface area contributed by atoms with E-state index in [1.54, 1.807) is 14.2 Å². The van der Waals surface area contributed by atoms with E-state index in [9.17, 15) is 0 Å². The minimum atomic E-state index is 0.755. The summed E-state index contributed by atoms with van der Waals surface area (Å²) >= 11 is 0. The molecule has 0 N–H and O–H groups in total. The zero-order valence-corrected chi connectivity index (χ0v) is 18.8. The van der Waals surface area contributed by atoms with Gasteiger partial charge in [0.15, 0.2) is 11.5 Å². The van der Waals surface area contributed by atoms with Crippen LogP contribution in [0.15, 0.2) is 36.4 Å². The molecule has 0 radical (unpaired) electrons. The van der Waals surface area contributed by atoms with Gasteiger partial charge in [0.05, 0.1) is 25.6 Å². The average molecular weight is 419 g/mol. The first-order valence-corrected chi connectivity index (χ1v) is 11.0. The van der Waals surface area contributed by atoms with Crippen molar-refractivity contribution in [2.24, 2.45) is 0 Å². The highest BCUT2D eigenvalue weighted by atomic mass is 16.5. The van der Waals surface area contributed by atoms with Crippen LogP contribution in [0.5, 0.6) is 11.5 Å². The third-order valence-electron chi connectivity index (χ3n) is 6.64. The molecule has 0 spiro atoms. The predicted octanol–water partition coefficient (Wildman–Crippen LogP) is 3.85. The van der Waals surface area contributed by atoms with Gasteiger partial charge in [-0.05, 0) is 50.2 Å². The molecule has 6 heteroatoms. The largest absolute Gasteiger partial charge is 0.493 e. The van der Waals surface area contributed by atoms with Crippen molar-refractivity contribution in [1.29, 1.82) is 0 Å². The molecule has 2 aromatic carbocycles. The van der Waals surface area contributed by atoms with E-state index < -0.39 is 0 Å². The lowest BCUT2D eigenvalue weighted by atomic mass is 9.94. The molecule has 0 saturated carbocycles. The number of fused-ring (bicyclic) bond motifs is 3. The Hall–Kier alpha value is -2.99. The zero-order chi connectivity index (χ0) is 21.5. The van der Waals surface area contributed by atoms with E-state index in [1.807, 2.05) is 0 Å². The van der Waals surface area contributed by atoms with Crippen molar-refractivity contribution in [3.63, 3.8) is 0 Å². The minimum Gasteiger partial charge on any atom is -0.493 e. The molecule has 3 aromatic rings. The van der Waals surface area contributed by atoms with Gasteiger partial charge in [0.25, 0.3) is 0 Å². The summed E-state index contributed by atoms with van der Waals surface area (Å²) in [4.78, 5) is 9.83. The van der Waals surface area contributed by atoms with Gasteiger partial charge in [-0.25, -0.2) is 4.98 Å². The maximum Gasteiger partial charge on any atom is 0.161 e. The molecule has 5 rings (SSSR count).